The van der Waals surface area contributed by atoms with Gasteiger partial charge in [-0.25, -0.2) is 14.8 Å². The van der Waals surface area contributed by atoms with E-state index in [1.807, 2.05) is 17.6 Å². The maximum absolute atomic E-state index is 10.7. The molecular weight excluding hydrogens is 246 g/mol. The molecule has 0 fully saturated rings. The summed E-state index contributed by atoms with van der Waals surface area (Å²) in [7, 11) is 0. The first-order chi connectivity index (χ1) is 9.13. The van der Waals surface area contributed by atoms with Crippen molar-refractivity contribution in [3.63, 3.8) is 0 Å². The van der Waals surface area contributed by atoms with Crippen LogP contribution in [-0.2, 0) is 6.54 Å². The van der Waals surface area contributed by atoms with Gasteiger partial charge in [0.05, 0.1) is 12.9 Å². The second-order valence-electron chi connectivity index (χ2n) is 4.30. The van der Waals surface area contributed by atoms with Gasteiger partial charge >= 0.3 is 5.97 Å². The number of carbonyl (C=O) groups is 1. The zero-order chi connectivity index (χ0) is 13.4. The highest BCUT2D eigenvalue weighted by Crippen LogP contribution is 2.15. The van der Waals surface area contributed by atoms with Gasteiger partial charge < -0.3 is 14.1 Å². The van der Waals surface area contributed by atoms with Crippen LogP contribution in [0, 0.1) is 6.92 Å². The lowest BCUT2D eigenvalue weighted by Crippen LogP contribution is -1.98. The van der Waals surface area contributed by atoms with E-state index < -0.39 is 5.97 Å². The molecule has 3 aromatic rings. The molecule has 19 heavy (non-hydrogen) atoms. The summed E-state index contributed by atoms with van der Waals surface area (Å²) in [6.45, 7) is 2.36. The number of rotatable bonds is 3. The molecule has 0 bridgehead atoms. The molecule has 3 rings (SSSR count). The van der Waals surface area contributed by atoms with Crippen molar-refractivity contribution >= 4 is 17.1 Å². The van der Waals surface area contributed by atoms with Crippen molar-refractivity contribution in [1.82, 2.24) is 14.5 Å². The van der Waals surface area contributed by atoms with Gasteiger partial charge in [0.15, 0.2) is 5.65 Å². The second kappa shape index (κ2) is 4.24. The van der Waals surface area contributed by atoms with E-state index in [0.29, 0.717) is 12.3 Å². The second-order valence-corrected chi connectivity index (χ2v) is 4.30. The van der Waals surface area contributed by atoms with Crippen LogP contribution >= 0.6 is 0 Å². The minimum Gasteiger partial charge on any atom is -0.475 e. The Morgan fingerprint density at radius 1 is 1.42 bits per heavy atom. The van der Waals surface area contributed by atoms with E-state index in [4.69, 9.17) is 9.52 Å². The molecule has 6 heteroatoms. The molecule has 3 aromatic heterocycles. The van der Waals surface area contributed by atoms with Gasteiger partial charge in [-0.15, -0.1) is 0 Å². The summed E-state index contributed by atoms with van der Waals surface area (Å²) in [5.41, 5.74) is 2.60. The third-order valence-electron chi connectivity index (χ3n) is 2.79. The molecule has 0 saturated carbocycles. The van der Waals surface area contributed by atoms with Crippen LogP contribution in [0.4, 0.5) is 0 Å². The SMILES string of the molecule is Cc1cnc2c(c1)ncn2Cc1ccc(C(=O)O)o1. The van der Waals surface area contributed by atoms with E-state index in [9.17, 15) is 4.79 Å². The van der Waals surface area contributed by atoms with Crippen molar-refractivity contribution in [1.29, 1.82) is 0 Å². The zero-order valence-electron chi connectivity index (χ0n) is 10.2. The number of carboxylic acid groups (broad SMARTS) is 1. The first kappa shape index (κ1) is 11.5. The highest BCUT2D eigenvalue weighted by Gasteiger charge is 2.11. The van der Waals surface area contributed by atoms with E-state index in [2.05, 4.69) is 9.97 Å². The average molecular weight is 257 g/mol. The Bertz CT molecular complexity index is 757. The number of aromatic carboxylic acids is 1. The summed E-state index contributed by atoms with van der Waals surface area (Å²) in [6.07, 6.45) is 3.44. The van der Waals surface area contributed by atoms with Gasteiger partial charge in [-0.2, -0.15) is 0 Å². The van der Waals surface area contributed by atoms with Gasteiger partial charge in [0.25, 0.3) is 0 Å². The first-order valence-corrected chi connectivity index (χ1v) is 5.73. The van der Waals surface area contributed by atoms with Crippen molar-refractivity contribution < 1.29 is 14.3 Å². The van der Waals surface area contributed by atoms with Gasteiger partial charge in [-0.05, 0) is 30.7 Å². The van der Waals surface area contributed by atoms with E-state index in [0.717, 1.165) is 16.7 Å². The van der Waals surface area contributed by atoms with Crippen molar-refractivity contribution in [2.45, 2.75) is 13.5 Å². The quantitative estimate of drug-likeness (QED) is 0.776. The fourth-order valence-corrected chi connectivity index (χ4v) is 1.91. The summed E-state index contributed by atoms with van der Waals surface area (Å²) in [4.78, 5) is 19.3. The number of hydrogen-bond acceptors (Lipinski definition) is 4. The molecule has 3 heterocycles. The van der Waals surface area contributed by atoms with Crippen LogP contribution in [0.15, 0.2) is 35.1 Å². The standard InChI is InChI=1S/C13H11N3O3/c1-8-4-10-12(14-5-8)16(7-15-10)6-9-2-3-11(19-9)13(17)18/h2-5,7H,6H2,1H3,(H,17,18). The molecule has 0 radical (unpaired) electrons. The first-order valence-electron chi connectivity index (χ1n) is 5.73. The monoisotopic (exact) mass is 257 g/mol. The fourth-order valence-electron chi connectivity index (χ4n) is 1.91. The van der Waals surface area contributed by atoms with Crippen LogP contribution in [0.1, 0.15) is 21.9 Å². The lowest BCUT2D eigenvalue weighted by atomic mass is 10.3. The van der Waals surface area contributed by atoms with Crippen molar-refractivity contribution in [2.75, 3.05) is 0 Å². The van der Waals surface area contributed by atoms with Gasteiger partial charge in [0.1, 0.15) is 11.3 Å². The minimum absolute atomic E-state index is 0.0665. The molecule has 0 spiro atoms. The molecule has 0 amide bonds. The van der Waals surface area contributed by atoms with Gasteiger partial charge in [0, 0.05) is 6.20 Å². The van der Waals surface area contributed by atoms with E-state index >= 15 is 0 Å². The Labute approximate surface area is 108 Å². The molecule has 96 valence electrons. The molecular formula is C13H11N3O3. The van der Waals surface area contributed by atoms with Gasteiger partial charge in [-0.1, -0.05) is 0 Å². The summed E-state index contributed by atoms with van der Waals surface area (Å²) < 4.78 is 7.03. The molecule has 0 unspecified atom stereocenters. The number of carboxylic acids is 1. The molecule has 6 nitrogen and oxygen atoms in total. The van der Waals surface area contributed by atoms with E-state index in [1.54, 1.807) is 18.6 Å². The lowest BCUT2D eigenvalue weighted by Gasteiger charge is -2.00. The molecule has 0 aliphatic carbocycles. The largest absolute Gasteiger partial charge is 0.475 e. The topological polar surface area (TPSA) is 81.2 Å². The highest BCUT2D eigenvalue weighted by molar-refractivity contribution is 5.84. The van der Waals surface area contributed by atoms with Crippen LogP contribution in [0.3, 0.4) is 0 Å². The summed E-state index contributed by atoms with van der Waals surface area (Å²) in [6, 6.07) is 5.03. The number of imidazole rings is 1. The molecule has 0 saturated heterocycles. The molecule has 0 aliphatic rings. The van der Waals surface area contributed by atoms with Crippen molar-refractivity contribution in [2.24, 2.45) is 0 Å². The van der Waals surface area contributed by atoms with E-state index in [1.165, 1.54) is 6.07 Å². The fraction of sp³-hybridized carbons (Fsp3) is 0.154. The molecule has 0 atom stereocenters. The van der Waals surface area contributed by atoms with Crippen molar-refractivity contribution in [3.8, 4) is 0 Å². The maximum Gasteiger partial charge on any atom is 0.371 e. The smallest absolute Gasteiger partial charge is 0.371 e. The summed E-state index contributed by atoms with van der Waals surface area (Å²) in [5.74, 6) is -0.585. The predicted octanol–water partition coefficient (Wildman–Crippen LogP) is 2.08. The summed E-state index contributed by atoms with van der Waals surface area (Å²) in [5, 5.41) is 8.80. The van der Waals surface area contributed by atoms with Crippen LogP contribution in [-0.4, -0.2) is 25.6 Å². The molecule has 0 aromatic carbocycles. The van der Waals surface area contributed by atoms with Gasteiger partial charge in [-0.3, -0.25) is 0 Å². The number of nitrogens with zero attached hydrogens (tertiary/aromatic N) is 3. The number of pyridine rings is 1. The van der Waals surface area contributed by atoms with Gasteiger partial charge in [0.2, 0.25) is 5.76 Å². The number of furan rings is 1. The Morgan fingerprint density at radius 2 is 2.26 bits per heavy atom. The predicted molar refractivity (Wildman–Crippen MR) is 67.0 cm³/mol. The average Bonchev–Trinajstić information content (AvgIpc) is 2.97. The lowest BCUT2D eigenvalue weighted by molar-refractivity contribution is 0.0660. The number of aryl methyl sites for hydroxylation is 1. The van der Waals surface area contributed by atoms with E-state index in [-0.39, 0.29) is 5.76 Å². The van der Waals surface area contributed by atoms with Crippen LogP contribution in [0.25, 0.3) is 11.2 Å². The third-order valence-corrected chi connectivity index (χ3v) is 2.79. The normalized spacial score (nSPS) is 11.0. The maximum atomic E-state index is 10.7. The Balaban J connectivity index is 1.94. The molecule has 0 aliphatic heterocycles. The van der Waals surface area contributed by atoms with Crippen LogP contribution in [0.5, 0.6) is 0 Å². The Morgan fingerprint density at radius 3 is 3.00 bits per heavy atom. The number of hydrogen-bond donors (Lipinski definition) is 1. The Hall–Kier alpha value is -2.63. The minimum atomic E-state index is -1.07. The Kier molecular flexibility index (Phi) is 2.56. The third kappa shape index (κ3) is 2.08. The van der Waals surface area contributed by atoms with Crippen LogP contribution in [0.2, 0.25) is 0 Å². The highest BCUT2D eigenvalue weighted by atomic mass is 16.4. The van der Waals surface area contributed by atoms with Crippen molar-refractivity contribution in [3.05, 3.63) is 47.8 Å². The van der Waals surface area contributed by atoms with Crippen LogP contribution < -0.4 is 0 Å². The zero-order valence-corrected chi connectivity index (χ0v) is 10.2. The number of aromatic nitrogens is 3. The molecule has 1 N–H and O–H groups in total. The number of fused-ring (bicyclic) bond motifs is 1. The summed E-state index contributed by atoms with van der Waals surface area (Å²) >= 11 is 0.